The van der Waals surface area contributed by atoms with Crippen LogP contribution in [0.4, 0.5) is 4.39 Å². The molecule has 1 aromatic heterocycles. The van der Waals surface area contributed by atoms with Gasteiger partial charge >= 0.3 is 0 Å². The van der Waals surface area contributed by atoms with E-state index in [9.17, 15) is 4.39 Å². The second-order valence-corrected chi connectivity index (χ2v) is 4.42. The highest BCUT2D eigenvalue weighted by Gasteiger charge is 2.23. The zero-order valence-electron chi connectivity index (χ0n) is 10.9. The fourth-order valence-electron chi connectivity index (χ4n) is 2.02. The number of halogens is 1. The lowest BCUT2D eigenvalue weighted by Gasteiger charge is -2.21. The summed E-state index contributed by atoms with van der Waals surface area (Å²) >= 11 is 0. The van der Waals surface area contributed by atoms with Gasteiger partial charge in [0.05, 0.1) is 12.1 Å². The first kappa shape index (κ1) is 12.9. The number of fused-ring (bicyclic) bond motifs is 1. The molecule has 6 nitrogen and oxygen atoms in total. The number of aromatic nitrogens is 2. The van der Waals surface area contributed by atoms with Crippen molar-refractivity contribution in [3.8, 4) is 22.9 Å². The Kier molecular flexibility index (Phi) is 3.27. The Labute approximate surface area is 114 Å². The van der Waals surface area contributed by atoms with Gasteiger partial charge in [-0.15, -0.1) is 0 Å². The van der Waals surface area contributed by atoms with Crippen LogP contribution in [0.3, 0.4) is 0 Å². The van der Waals surface area contributed by atoms with Crippen LogP contribution in [0.5, 0.6) is 11.5 Å². The van der Waals surface area contributed by atoms with Gasteiger partial charge in [0, 0.05) is 0 Å². The van der Waals surface area contributed by atoms with E-state index >= 15 is 0 Å². The van der Waals surface area contributed by atoms with Crippen molar-refractivity contribution in [3.05, 3.63) is 23.6 Å². The van der Waals surface area contributed by atoms with Crippen molar-refractivity contribution >= 4 is 0 Å². The van der Waals surface area contributed by atoms with Gasteiger partial charge in [0.1, 0.15) is 19.4 Å². The molecule has 20 heavy (non-hydrogen) atoms. The van der Waals surface area contributed by atoms with E-state index in [1.54, 1.807) is 12.1 Å². The van der Waals surface area contributed by atoms with E-state index in [-0.39, 0.29) is 6.54 Å². The molecule has 1 aromatic carbocycles. The minimum Gasteiger partial charge on any atom is -0.486 e. The van der Waals surface area contributed by atoms with Gasteiger partial charge in [0.2, 0.25) is 11.7 Å². The molecule has 0 radical (unpaired) electrons. The highest BCUT2D eigenvalue weighted by Crippen LogP contribution is 2.41. The average molecular weight is 279 g/mol. The van der Waals surface area contributed by atoms with Crippen LogP contribution in [-0.4, -0.2) is 23.4 Å². The van der Waals surface area contributed by atoms with Crippen molar-refractivity contribution in [2.24, 2.45) is 5.73 Å². The molecule has 2 aromatic rings. The monoisotopic (exact) mass is 279 g/mol. The second kappa shape index (κ2) is 5.09. The number of rotatable bonds is 3. The predicted molar refractivity (Wildman–Crippen MR) is 68.1 cm³/mol. The van der Waals surface area contributed by atoms with Gasteiger partial charge in [-0.1, -0.05) is 5.16 Å². The molecule has 0 spiro atoms. The summed E-state index contributed by atoms with van der Waals surface area (Å²) < 4.78 is 29.7. The maximum absolute atomic E-state index is 13.6. The van der Waals surface area contributed by atoms with Gasteiger partial charge < -0.3 is 19.7 Å². The highest BCUT2D eigenvalue weighted by molar-refractivity contribution is 5.70. The molecule has 1 atom stereocenters. The van der Waals surface area contributed by atoms with Crippen LogP contribution >= 0.6 is 0 Å². The molecule has 106 valence electrons. The van der Waals surface area contributed by atoms with E-state index < -0.39 is 6.17 Å². The Balaban J connectivity index is 2.14. The Morgan fingerprint density at radius 2 is 2.15 bits per heavy atom. The molecule has 1 unspecified atom stereocenters. The molecule has 1 aliphatic heterocycles. The molecular formula is C13H14FN3O3. The molecular weight excluding hydrogens is 265 g/mol. The number of hydrogen-bond acceptors (Lipinski definition) is 6. The van der Waals surface area contributed by atoms with Crippen molar-refractivity contribution < 1.29 is 18.4 Å². The number of hydrogen-bond donors (Lipinski definition) is 1. The highest BCUT2D eigenvalue weighted by atomic mass is 19.1. The first-order valence-corrected chi connectivity index (χ1v) is 6.29. The lowest BCUT2D eigenvalue weighted by atomic mass is 10.0. The van der Waals surface area contributed by atoms with E-state index in [0.717, 1.165) is 0 Å². The molecule has 0 fully saturated rings. The second-order valence-electron chi connectivity index (χ2n) is 4.42. The minimum absolute atomic E-state index is 0.145. The third-order valence-corrected chi connectivity index (χ3v) is 3.01. The summed E-state index contributed by atoms with van der Waals surface area (Å²) in [7, 11) is 0. The standard InChI is InChI=1S/C13H14FN3O3/c1-7(14)8-4-9(13-16-11(6-15)20-17-13)12-10(5-8)18-2-3-19-12/h4-5,7H,2-3,6,15H2,1H3. The van der Waals surface area contributed by atoms with Crippen molar-refractivity contribution in [1.29, 1.82) is 0 Å². The number of nitrogens with zero attached hydrogens (tertiary/aromatic N) is 2. The molecule has 0 bridgehead atoms. The molecule has 0 saturated heterocycles. The molecule has 0 aliphatic carbocycles. The molecule has 1 aliphatic rings. The van der Waals surface area contributed by atoms with E-state index in [4.69, 9.17) is 19.7 Å². The number of nitrogens with two attached hydrogens (primary N) is 1. The molecule has 2 N–H and O–H groups in total. The van der Waals surface area contributed by atoms with Gasteiger partial charge in [0.15, 0.2) is 11.5 Å². The summed E-state index contributed by atoms with van der Waals surface area (Å²) in [6, 6.07) is 3.27. The molecule has 3 rings (SSSR count). The molecule has 2 heterocycles. The fraction of sp³-hybridized carbons (Fsp3) is 0.385. The molecule has 7 heteroatoms. The van der Waals surface area contributed by atoms with Gasteiger partial charge in [-0.2, -0.15) is 4.98 Å². The van der Waals surface area contributed by atoms with Crippen LogP contribution in [0.1, 0.15) is 24.5 Å². The van der Waals surface area contributed by atoms with Crippen LogP contribution in [0, 0.1) is 0 Å². The Bertz CT molecular complexity index is 627. The topological polar surface area (TPSA) is 83.4 Å². The Morgan fingerprint density at radius 1 is 1.35 bits per heavy atom. The van der Waals surface area contributed by atoms with Crippen molar-refractivity contribution in [3.63, 3.8) is 0 Å². The maximum Gasteiger partial charge on any atom is 0.240 e. The molecule has 0 saturated carbocycles. The van der Waals surface area contributed by atoms with E-state index in [1.807, 2.05) is 0 Å². The third kappa shape index (κ3) is 2.20. The predicted octanol–water partition coefficient (Wildman–Crippen LogP) is 2.00. The van der Waals surface area contributed by atoms with Crippen molar-refractivity contribution in [2.75, 3.05) is 13.2 Å². The molecule has 0 amide bonds. The fourth-order valence-corrected chi connectivity index (χ4v) is 2.02. The number of alkyl halides is 1. The van der Waals surface area contributed by atoms with E-state index in [0.29, 0.717) is 47.6 Å². The van der Waals surface area contributed by atoms with Gasteiger partial charge in [-0.3, -0.25) is 0 Å². The van der Waals surface area contributed by atoms with E-state index in [2.05, 4.69) is 10.1 Å². The van der Waals surface area contributed by atoms with Gasteiger partial charge in [0.25, 0.3) is 0 Å². The quantitative estimate of drug-likeness (QED) is 0.925. The zero-order valence-corrected chi connectivity index (χ0v) is 10.9. The van der Waals surface area contributed by atoms with Crippen LogP contribution < -0.4 is 15.2 Å². The van der Waals surface area contributed by atoms with Crippen molar-refractivity contribution in [2.45, 2.75) is 19.6 Å². The minimum atomic E-state index is -1.13. The zero-order chi connectivity index (χ0) is 14.1. The van der Waals surface area contributed by atoms with Crippen LogP contribution in [0.25, 0.3) is 11.4 Å². The SMILES string of the molecule is CC(F)c1cc2c(c(-c3noc(CN)n3)c1)OCCO2. The van der Waals surface area contributed by atoms with Gasteiger partial charge in [-0.25, -0.2) is 4.39 Å². The number of benzene rings is 1. The van der Waals surface area contributed by atoms with Crippen LogP contribution in [0.15, 0.2) is 16.7 Å². The maximum atomic E-state index is 13.6. The van der Waals surface area contributed by atoms with Gasteiger partial charge in [-0.05, 0) is 24.6 Å². The third-order valence-electron chi connectivity index (χ3n) is 3.01. The summed E-state index contributed by atoms with van der Waals surface area (Å²) in [6.45, 7) is 2.45. The summed E-state index contributed by atoms with van der Waals surface area (Å²) in [4.78, 5) is 4.15. The van der Waals surface area contributed by atoms with E-state index in [1.165, 1.54) is 6.92 Å². The normalized spacial score (nSPS) is 15.2. The Morgan fingerprint density at radius 3 is 2.85 bits per heavy atom. The number of ether oxygens (including phenoxy) is 2. The average Bonchev–Trinajstić information content (AvgIpc) is 2.94. The summed E-state index contributed by atoms with van der Waals surface area (Å²) in [5, 5.41) is 3.84. The smallest absolute Gasteiger partial charge is 0.240 e. The lowest BCUT2D eigenvalue weighted by Crippen LogP contribution is -2.16. The summed E-state index contributed by atoms with van der Waals surface area (Å²) in [5.74, 6) is 1.62. The van der Waals surface area contributed by atoms with Crippen molar-refractivity contribution in [1.82, 2.24) is 10.1 Å². The lowest BCUT2D eigenvalue weighted by molar-refractivity contribution is 0.171. The largest absolute Gasteiger partial charge is 0.486 e. The first-order valence-electron chi connectivity index (χ1n) is 6.29. The van der Waals surface area contributed by atoms with Crippen LogP contribution in [0.2, 0.25) is 0 Å². The summed E-state index contributed by atoms with van der Waals surface area (Å²) in [5.41, 5.74) is 6.47. The van der Waals surface area contributed by atoms with Crippen LogP contribution in [-0.2, 0) is 6.54 Å². The Hall–Kier alpha value is -2.15. The first-order chi connectivity index (χ1) is 9.69. The summed E-state index contributed by atoms with van der Waals surface area (Å²) in [6.07, 6.45) is -1.13.